The molecule has 0 spiro atoms. The highest BCUT2D eigenvalue weighted by molar-refractivity contribution is 5.77. The van der Waals surface area contributed by atoms with Crippen molar-refractivity contribution in [2.45, 2.75) is 38.5 Å². The molecular formula is C25H32N2O3. The largest absolute Gasteiger partial charge is 0.489 e. The fraction of sp³-hybridized carbons (Fsp3) is 0.480. The molecule has 1 amide bonds. The molecular weight excluding hydrogens is 376 g/mol. The van der Waals surface area contributed by atoms with Gasteiger partial charge in [0.05, 0.1) is 6.61 Å². The lowest BCUT2D eigenvalue weighted by atomic mass is 9.83. The smallest absolute Gasteiger partial charge is 0.222 e. The van der Waals surface area contributed by atoms with Crippen molar-refractivity contribution in [3.8, 4) is 5.75 Å². The van der Waals surface area contributed by atoms with Crippen LogP contribution in [0.5, 0.6) is 5.75 Å². The van der Waals surface area contributed by atoms with Crippen LogP contribution in [0, 0.1) is 5.92 Å². The van der Waals surface area contributed by atoms with Gasteiger partial charge in [-0.3, -0.25) is 9.69 Å². The van der Waals surface area contributed by atoms with Gasteiger partial charge in [0.25, 0.3) is 0 Å². The Morgan fingerprint density at radius 3 is 2.70 bits per heavy atom. The second kappa shape index (κ2) is 10.1. The normalized spacial score (nSPS) is 22.0. The van der Waals surface area contributed by atoms with Crippen molar-refractivity contribution in [1.29, 1.82) is 0 Å². The molecule has 30 heavy (non-hydrogen) atoms. The predicted molar refractivity (Wildman–Crippen MR) is 117 cm³/mol. The SMILES string of the molecule is COCCN1C(=O)CC[C@@H]2CN(Cc3cccc(OCc4ccccc4)c3)CC[C@@H]21. The number of nitrogens with zero attached hydrogens (tertiary/aromatic N) is 2. The molecule has 0 aliphatic carbocycles. The fourth-order valence-electron chi connectivity index (χ4n) is 4.78. The highest BCUT2D eigenvalue weighted by Crippen LogP contribution is 2.32. The number of amides is 1. The highest BCUT2D eigenvalue weighted by Gasteiger charge is 2.38. The summed E-state index contributed by atoms with van der Waals surface area (Å²) in [5, 5.41) is 0. The molecule has 4 rings (SSSR count). The zero-order chi connectivity index (χ0) is 20.8. The van der Waals surface area contributed by atoms with Gasteiger partial charge in [-0.2, -0.15) is 0 Å². The van der Waals surface area contributed by atoms with E-state index in [1.165, 1.54) is 11.1 Å². The van der Waals surface area contributed by atoms with Gasteiger partial charge in [-0.05, 0) is 42.0 Å². The topological polar surface area (TPSA) is 42.0 Å². The minimum atomic E-state index is 0.296. The molecule has 0 aromatic heterocycles. The van der Waals surface area contributed by atoms with E-state index in [-0.39, 0.29) is 0 Å². The molecule has 2 aromatic carbocycles. The second-order valence-electron chi connectivity index (χ2n) is 8.39. The summed E-state index contributed by atoms with van der Waals surface area (Å²) in [5.41, 5.74) is 2.46. The van der Waals surface area contributed by atoms with E-state index in [0.717, 1.165) is 44.8 Å². The maximum absolute atomic E-state index is 12.4. The van der Waals surface area contributed by atoms with E-state index in [9.17, 15) is 4.79 Å². The lowest BCUT2D eigenvalue weighted by Gasteiger charge is -2.47. The average molecular weight is 409 g/mol. The Kier molecular flexibility index (Phi) is 7.03. The van der Waals surface area contributed by atoms with Crippen LogP contribution in [0.1, 0.15) is 30.4 Å². The number of methoxy groups -OCH3 is 1. The zero-order valence-electron chi connectivity index (χ0n) is 17.8. The van der Waals surface area contributed by atoms with Gasteiger partial charge in [0.2, 0.25) is 5.91 Å². The second-order valence-corrected chi connectivity index (χ2v) is 8.39. The number of rotatable bonds is 8. The molecule has 2 atom stereocenters. The van der Waals surface area contributed by atoms with Crippen molar-refractivity contribution in [1.82, 2.24) is 9.80 Å². The van der Waals surface area contributed by atoms with Crippen LogP contribution in [0.3, 0.4) is 0 Å². The van der Waals surface area contributed by atoms with Gasteiger partial charge in [-0.1, -0.05) is 42.5 Å². The Bertz CT molecular complexity index is 826. The number of likely N-dealkylation sites (tertiary alicyclic amines) is 2. The van der Waals surface area contributed by atoms with Gasteiger partial charge in [0.15, 0.2) is 0 Å². The fourth-order valence-corrected chi connectivity index (χ4v) is 4.78. The van der Waals surface area contributed by atoms with Crippen LogP contribution in [0.4, 0.5) is 0 Å². The Morgan fingerprint density at radius 1 is 1.03 bits per heavy atom. The van der Waals surface area contributed by atoms with Gasteiger partial charge in [-0.25, -0.2) is 0 Å². The number of hydrogen-bond donors (Lipinski definition) is 0. The third kappa shape index (κ3) is 5.21. The highest BCUT2D eigenvalue weighted by atomic mass is 16.5. The molecule has 0 N–H and O–H groups in total. The Morgan fingerprint density at radius 2 is 1.87 bits per heavy atom. The molecule has 5 nitrogen and oxygen atoms in total. The molecule has 5 heteroatoms. The van der Waals surface area contributed by atoms with Crippen molar-refractivity contribution in [2.24, 2.45) is 5.92 Å². The van der Waals surface area contributed by atoms with Gasteiger partial charge < -0.3 is 14.4 Å². The van der Waals surface area contributed by atoms with Crippen LogP contribution in [-0.2, 0) is 22.7 Å². The van der Waals surface area contributed by atoms with Gasteiger partial charge in [0.1, 0.15) is 12.4 Å². The number of hydrogen-bond acceptors (Lipinski definition) is 4. The molecule has 2 aliphatic rings. The van der Waals surface area contributed by atoms with Gasteiger partial charge in [-0.15, -0.1) is 0 Å². The Hall–Kier alpha value is -2.37. The van der Waals surface area contributed by atoms with Crippen LogP contribution in [0.15, 0.2) is 54.6 Å². The van der Waals surface area contributed by atoms with Crippen LogP contribution in [-0.4, -0.2) is 55.1 Å². The van der Waals surface area contributed by atoms with E-state index < -0.39 is 0 Å². The molecule has 2 fully saturated rings. The number of piperidine rings is 2. The maximum Gasteiger partial charge on any atom is 0.222 e. The number of carbonyl (C=O) groups is 1. The number of ether oxygens (including phenoxy) is 2. The lowest BCUT2D eigenvalue weighted by Crippen LogP contribution is -2.56. The van der Waals surface area contributed by atoms with Crippen molar-refractivity contribution in [3.63, 3.8) is 0 Å². The summed E-state index contributed by atoms with van der Waals surface area (Å²) in [4.78, 5) is 17.0. The van der Waals surface area contributed by atoms with Crippen molar-refractivity contribution in [3.05, 3.63) is 65.7 Å². The van der Waals surface area contributed by atoms with Crippen LogP contribution in [0.25, 0.3) is 0 Å². The van der Waals surface area contributed by atoms with E-state index in [2.05, 4.69) is 40.1 Å². The minimum Gasteiger partial charge on any atom is -0.489 e. The summed E-state index contributed by atoms with van der Waals surface area (Å²) in [6.07, 6.45) is 2.72. The van der Waals surface area contributed by atoms with E-state index in [4.69, 9.17) is 9.47 Å². The van der Waals surface area contributed by atoms with E-state index >= 15 is 0 Å². The molecule has 160 valence electrons. The van der Waals surface area contributed by atoms with Gasteiger partial charge in [0, 0.05) is 45.8 Å². The standard InChI is InChI=1S/C25H32N2O3/c1-29-15-14-27-24-12-13-26(18-22(24)10-11-25(27)28)17-21-8-5-9-23(16-21)30-19-20-6-3-2-4-7-20/h2-9,16,22,24H,10-15,17-19H2,1H3/t22-,24+/m1/s1. The summed E-state index contributed by atoms with van der Waals surface area (Å²) < 4.78 is 11.2. The number of carbonyl (C=O) groups excluding carboxylic acids is 1. The summed E-state index contributed by atoms with van der Waals surface area (Å²) in [7, 11) is 1.70. The predicted octanol–water partition coefficient (Wildman–Crippen LogP) is 3.72. The van der Waals surface area contributed by atoms with Crippen molar-refractivity contribution < 1.29 is 14.3 Å². The zero-order valence-corrected chi connectivity index (χ0v) is 17.8. The number of fused-ring (bicyclic) bond motifs is 1. The quantitative estimate of drug-likeness (QED) is 0.668. The summed E-state index contributed by atoms with van der Waals surface area (Å²) in [6, 6.07) is 19.1. The summed E-state index contributed by atoms with van der Waals surface area (Å²) in [5.74, 6) is 1.77. The van der Waals surface area contributed by atoms with Crippen LogP contribution >= 0.6 is 0 Å². The third-order valence-corrected chi connectivity index (χ3v) is 6.32. The van der Waals surface area contributed by atoms with Crippen LogP contribution < -0.4 is 4.74 Å². The Balaban J connectivity index is 1.33. The molecule has 2 saturated heterocycles. The first-order valence-corrected chi connectivity index (χ1v) is 11.0. The van der Waals surface area contributed by atoms with Crippen molar-refractivity contribution in [2.75, 3.05) is 33.4 Å². The number of benzene rings is 2. The third-order valence-electron chi connectivity index (χ3n) is 6.32. The Labute approximate surface area is 179 Å². The summed E-state index contributed by atoms with van der Waals surface area (Å²) in [6.45, 7) is 4.93. The van der Waals surface area contributed by atoms with Crippen LogP contribution in [0.2, 0.25) is 0 Å². The van der Waals surface area contributed by atoms with E-state index in [1.54, 1.807) is 7.11 Å². The first-order chi connectivity index (χ1) is 14.7. The van der Waals surface area contributed by atoms with E-state index in [1.807, 2.05) is 24.3 Å². The molecule has 0 radical (unpaired) electrons. The summed E-state index contributed by atoms with van der Waals surface area (Å²) >= 11 is 0. The first-order valence-electron chi connectivity index (χ1n) is 11.0. The molecule has 2 aliphatic heterocycles. The maximum atomic E-state index is 12.4. The minimum absolute atomic E-state index is 0.296. The van der Waals surface area contributed by atoms with Crippen molar-refractivity contribution >= 4 is 5.91 Å². The molecule has 2 aromatic rings. The molecule has 0 bridgehead atoms. The lowest BCUT2D eigenvalue weighted by molar-refractivity contribution is -0.142. The first kappa shape index (κ1) is 20.9. The molecule has 0 saturated carbocycles. The van der Waals surface area contributed by atoms with Gasteiger partial charge >= 0.3 is 0 Å². The monoisotopic (exact) mass is 408 g/mol. The molecule has 2 heterocycles. The van der Waals surface area contributed by atoms with E-state index in [0.29, 0.717) is 37.5 Å². The average Bonchev–Trinajstić information content (AvgIpc) is 2.78. The molecule has 0 unspecified atom stereocenters.